The van der Waals surface area contributed by atoms with Crippen LogP contribution in [0.4, 0.5) is 0 Å². The lowest BCUT2D eigenvalue weighted by atomic mass is 9.83. The first kappa shape index (κ1) is 22.0. The Bertz CT molecular complexity index is 1200. The van der Waals surface area contributed by atoms with Crippen molar-refractivity contribution in [1.29, 1.82) is 0 Å². The molecule has 3 rings (SSSR count). The number of halogens is 4. The van der Waals surface area contributed by atoms with Crippen molar-refractivity contribution >= 4 is 56.5 Å². The molecule has 3 N–H and O–H groups in total. The molecule has 0 spiro atoms. The molecule has 29 heavy (non-hydrogen) atoms. The summed E-state index contributed by atoms with van der Waals surface area (Å²) in [6.45, 7) is 0. The van der Waals surface area contributed by atoms with Gasteiger partial charge in [0, 0.05) is 21.2 Å². The Morgan fingerprint density at radius 1 is 0.793 bits per heavy atom. The van der Waals surface area contributed by atoms with Crippen LogP contribution in [0.1, 0.15) is 16.7 Å². The van der Waals surface area contributed by atoms with Crippen molar-refractivity contribution in [2.24, 2.45) is 0 Å². The molecule has 1 unspecified atom stereocenters. The maximum atomic E-state index is 13.0. The highest BCUT2D eigenvalue weighted by Crippen LogP contribution is 2.53. The Morgan fingerprint density at radius 3 is 1.97 bits per heavy atom. The van der Waals surface area contributed by atoms with E-state index in [9.17, 15) is 23.2 Å². The average Bonchev–Trinajstić information content (AvgIpc) is 2.65. The van der Waals surface area contributed by atoms with E-state index in [4.69, 9.17) is 46.4 Å². The maximum absolute atomic E-state index is 13.0. The lowest BCUT2D eigenvalue weighted by Crippen LogP contribution is -2.38. The van der Waals surface area contributed by atoms with E-state index >= 15 is 0 Å². The van der Waals surface area contributed by atoms with Crippen LogP contribution in [0.25, 0.3) is 0 Å². The number of hydrogen-bond acceptors (Lipinski definition) is 4. The number of phenols is 2. The summed E-state index contributed by atoms with van der Waals surface area (Å²) < 4.78 is 34.0. The summed E-state index contributed by atoms with van der Waals surface area (Å²) in [5.74, 6) is -1.39. The molecule has 0 heterocycles. The summed E-state index contributed by atoms with van der Waals surface area (Å²) in [5.41, 5.74) is -0.397. The van der Waals surface area contributed by atoms with Gasteiger partial charge in [-0.2, -0.15) is 8.42 Å². The van der Waals surface area contributed by atoms with Crippen molar-refractivity contribution in [2.75, 3.05) is 0 Å². The van der Waals surface area contributed by atoms with Gasteiger partial charge < -0.3 is 10.2 Å². The zero-order chi connectivity index (χ0) is 21.6. The molecule has 0 radical (unpaired) electrons. The zero-order valence-electron chi connectivity index (χ0n) is 14.3. The molecule has 0 aliphatic carbocycles. The van der Waals surface area contributed by atoms with Gasteiger partial charge >= 0.3 is 0 Å². The highest BCUT2D eigenvalue weighted by molar-refractivity contribution is 7.87. The van der Waals surface area contributed by atoms with Crippen molar-refractivity contribution in [2.45, 2.75) is 4.75 Å². The Labute approximate surface area is 186 Å². The maximum Gasteiger partial charge on any atom is 0.283 e. The van der Waals surface area contributed by atoms with Crippen molar-refractivity contribution in [3.05, 3.63) is 91.4 Å². The third-order valence-electron chi connectivity index (χ3n) is 4.42. The number of aromatic hydroxyl groups is 2. The summed E-state index contributed by atoms with van der Waals surface area (Å²) in [4.78, 5) is 0. The van der Waals surface area contributed by atoms with Gasteiger partial charge in [-0.15, -0.1) is 0 Å². The smallest absolute Gasteiger partial charge is 0.283 e. The van der Waals surface area contributed by atoms with Crippen LogP contribution in [0.15, 0.2) is 54.6 Å². The van der Waals surface area contributed by atoms with E-state index in [0.29, 0.717) is 0 Å². The average molecular weight is 494 g/mol. The standard InChI is InChI=1S/C19H12Cl4O5S/c20-11-6-7-12(14(21)8-11)19(29(26,27)28,10-4-2-1-3-5-10)13-9-15(24)17(23)18(25)16(13)22/h1-9,24-25H,(H,26,27,28). The molecule has 0 bridgehead atoms. The van der Waals surface area contributed by atoms with Gasteiger partial charge in [-0.1, -0.05) is 82.8 Å². The topological polar surface area (TPSA) is 94.8 Å². The van der Waals surface area contributed by atoms with Gasteiger partial charge in [0.2, 0.25) is 0 Å². The van der Waals surface area contributed by atoms with Gasteiger partial charge in [-0.05, 0) is 23.8 Å². The largest absolute Gasteiger partial charge is 0.506 e. The molecule has 0 amide bonds. The predicted octanol–water partition coefficient (Wildman–Crippen LogP) is 5.89. The monoisotopic (exact) mass is 492 g/mol. The molecule has 3 aromatic rings. The van der Waals surface area contributed by atoms with E-state index in [0.717, 1.165) is 6.07 Å². The zero-order valence-corrected chi connectivity index (χ0v) is 18.1. The molecule has 0 saturated carbocycles. The second kappa shape index (κ2) is 7.87. The fraction of sp³-hybridized carbons (Fsp3) is 0.0526. The SMILES string of the molecule is O=S(=O)(O)C(c1ccccc1)(c1ccc(Cl)cc1Cl)c1cc(O)c(Cl)c(O)c1Cl. The fourth-order valence-electron chi connectivity index (χ4n) is 3.20. The molecule has 152 valence electrons. The van der Waals surface area contributed by atoms with Crippen LogP contribution in [0, 0.1) is 0 Å². The second-order valence-electron chi connectivity index (χ2n) is 6.07. The Hall–Kier alpha value is -1.67. The molecule has 0 aliphatic heterocycles. The van der Waals surface area contributed by atoms with E-state index in [2.05, 4.69) is 0 Å². The highest BCUT2D eigenvalue weighted by atomic mass is 35.5. The minimum absolute atomic E-state index is 0.0507. The minimum Gasteiger partial charge on any atom is -0.506 e. The van der Waals surface area contributed by atoms with E-state index in [1.54, 1.807) is 18.2 Å². The molecular formula is C19H12Cl4O5S. The van der Waals surface area contributed by atoms with E-state index in [-0.39, 0.29) is 26.7 Å². The van der Waals surface area contributed by atoms with Gasteiger partial charge in [0.25, 0.3) is 10.1 Å². The highest BCUT2D eigenvalue weighted by Gasteiger charge is 2.51. The van der Waals surface area contributed by atoms with Crippen LogP contribution in [-0.4, -0.2) is 23.2 Å². The number of phenolic OH excluding ortho intramolecular Hbond substituents is 2. The Kier molecular flexibility index (Phi) is 5.98. The number of benzene rings is 3. The van der Waals surface area contributed by atoms with E-state index in [1.165, 1.54) is 30.3 Å². The quantitative estimate of drug-likeness (QED) is 0.311. The summed E-state index contributed by atoms with van der Waals surface area (Å²) in [7, 11) is -5.07. The molecule has 0 saturated heterocycles. The van der Waals surface area contributed by atoms with E-state index < -0.39 is 36.4 Å². The first-order valence-electron chi connectivity index (χ1n) is 7.90. The first-order chi connectivity index (χ1) is 13.5. The Balaban J connectivity index is 2.62. The molecule has 0 aliphatic rings. The third kappa shape index (κ3) is 3.54. The van der Waals surface area contributed by atoms with Gasteiger partial charge in [0.05, 0.1) is 5.02 Å². The van der Waals surface area contributed by atoms with Gasteiger partial charge in [-0.25, -0.2) is 0 Å². The van der Waals surface area contributed by atoms with E-state index in [1.807, 2.05) is 0 Å². The normalized spacial score (nSPS) is 13.8. The van der Waals surface area contributed by atoms with Crippen molar-refractivity contribution in [3.63, 3.8) is 0 Å². The van der Waals surface area contributed by atoms with Crippen molar-refractivity contribution in [3.8, 4) is 11.5 Å². The van der Waals surface area contributed by atoms with Gasteiger partial charge in [-0.3, -0.25) is 4.55 Å². The molecule has 10 heteroatoms. The van der Waals surface area contributed by atoms with Crippen LogP contribution < -0.4 is 0 Å². The Morgan fingerprint density at radius 2 is 1.41 bits per heavy atom. The van der Waals surface area contributed by atoms with Crippen LogP contribution >= 0.6 is 46.4 Å². The molecule has 0 fully saturated rings. The fourth-order valence-corrected chi connectivity index (χ4v) is 5.67. The number of rotatable bonds is 4. The summed E-state index contributed by atoms with van der Waals surface area (Å²) >= 11 is 24.4. The van der Waals surface area contributed by atoms with Crippen LogP contribution in [0.3, 0.4) is 0 Å². The molecular weight excluding hydrogens is 482 g/mol. The predicted molar refractivity (Wildman–Crippen MR) is 114 cm³/mol. The molecule has 3 aromatic carbocycles. The lowest BCUT2D eigenvalue weighted by molar-refractivity contribution is 0.444. The summed E-state index contributed by atoms with van der Waals surface area (Å²) in [6.07, 6.45) is 0. The number of hydrogen-bond donors (Lipinski definition) is 3. The lowest BCUT2D eigenvalue weighted by Gasteiger charge is -2.34. The summed E-state index contributed by atoms with van der Waals surface area (Å²) in [6, 6.07) is 12.5. The van der Waals surface area contributed by atoms with Crippen LogP contribution in [0.5, 0.6) is 11.5 Å². The van der Waals surface area contributed by atoms with Gasteiger partial charge in [0.15, 0.2) is 10.5 Å². The van der Waals surface area contributed by atoms with Crippen LogP contribution in [-0.2, 0) is 14.9 Å². The minimum atomic E-state index is -5.07. The van der Waals surface area contributed by atoms with Gasteiger partial charge in [0.1, 0.15) is 10.8 Å². The second-order valence-corrected chi connectivity index (χ2v) is 9.23. The van der Waals surface area contributed by atoms with Crippen molar-refractivity contribution in [1.82, 2.24) is 0 Å². The first-order valence-corrected chi connectivity index (χ1v) is 10.9. The third-order valence-corrected chi connectivity index (χ3v) is 7.17. The summed E-state index contributed by atoms with van der Waals surface area (Å²) in [5, 5.41) is 19.6. The molecule has 5 nitrogen and oxygen atoms in total. The molecule has 1 atom stereocenters. The van der Waals surface area contributed by atoms with Crippen LogP contribution in [0.2, 0.25) is 20.1 Å². The van der Waals surface area contributed by atoms with Crippen molar-refractivity contribution < 1.29 is 23.2 Å². The molecule has 0 aromatic heterocycles.